The smallest absolute Gasteiger partial charge is 0.229 e. The summed E-state index contributed by atoms with van der Waals surface area (Å²) in [5.74, 6) is 1.20. The minimum absolute atomic E-state index is 0.00710. The minimum Gasteiger partial charge on any atom is -0.369 e. The molecule has 5 aromatic rings. The fourth-order valence-electron chi connectivity index (χ4n) is 4.38. The molecule has 0 aliphatic carbocycles. The molecule has 3 heterocycles. The standard InChI is InChI=1S/C26H21ClN6O/c27-17-5-7-23-20(13-17)25(28-10-9-15-14-29-22-4-2-1-3-19(15)22)33-26(32-23)30-18-6-8-21-16(11-18)12-24(34)31-21/h1-8,11,13-14,29H,9-10,12H2,(H,31,34)(H2,28,30,32,33). The van der Waals surface area contributed by atoms with Crippen LogP contribution < -0.4 is 16.0 Å². The van der Waals surface area contributed by atoms with E-state index >= 15 is 0 Å². The zero-order chi connectivity index (χ0) is 23.1. The van der Waals surface area contributed by atoms with Crippen molar-refractivity contribution in [3.8, 4) is 0 Å². The van der Waals surface area contributed by atoms with Crippen LogP contribution in [0.25, 0.3) is 21.8 Å². The number of carbonyl (C=O) groups excluding carboxylic acids is 1. The predicted octanol–water partition coefficient (Wildman–Crippen LogP) is 5.66. The normalized spacial score (nSPS) is 12.7. The first kappa shape index (κ1) is 20.5. The number of halogens is 1. The number of aromatic amines is 1. The largest absolute Gasteiger partial charge is 0.369 e. The van der Waals surface area contributed by atoms with Gasteiger partial charge in [0.25, 0.3) is 0 Å². The van der Waals surface area contributed by atoms with Crippen molar-refractivity contribution in [3.05, 3.63) is 83.0 Å². The molecule has 1 amide bonds. The van der Waals surface area contributed by atoms with Crippen molar-refractivity contribution in [1.29, 1.82) is 0 Å². The van der Waals surface area contributed by atoms with E-state index in [1.807, 2.05) is 42.5 Å². The van der Waals surface area contributed by atoms with Gasteiger partial charge < -0.3 is 20.9 Å². The van der Waals surface area contributed by atoms with Gasteiger partial charge >= 0.3 is 0 Å². The fraction of sp³-hybridized carbons (Fsp3) is 0.115. The number of fused-ring (bicyclic) bond motifs is 3. The van der Waals surface area contributed by atoms with E-state index in [1.54, 1.807) is 0 Å². The van der Waals surface area contributed by atoms with Gasteiger partial charge in [0.2, 0.25) is 11.9 Å². The van der Waals surface area contributed by atoms with Crippen LogP contribution in [0, 0.1) is 0 Å². The van der Waals surface area contributed by atoms with Crippen molar-refractivity contribution in [1.82, 2.24) is 15.0 Å². The molecule has 1 aliphatic rings. The highest BCUT2D eigenvalue weighted by molar-refractivity contribution is 6.31. The summed E-state index contributed by atoms with van der Waals surface area (Å²) in [6.07, 6.45) is 3.27. The maximum Gasteiger partial charge on any atom is 0.229 e. The molecule has 0 unspecified atom stereocenters. The van der Waals surface area contributed by atoms with Gasteiger partial charge in [-0.15, -0.1) is 0 Å². The van der Waals surface area contributed by atoms with Crippen molar-refractivity contribution >= 4 is 62.5 Å². The van der Waals surface area contributed by atoms with Gasteiger partial charge in [0, 0.05) is 45.4 Å². The Balaban J connectivity index is 1.27. The highest BCUT2D eigenvalue weighted by atomic mass is 35.5. The van der Waals surface area contributed by atoms with Gasteiger partial charge in [0.15, 0.2) is 0 Å². The lowest BCUT2D eigenvalue weighted by Crippen LogP contribution is -2.09. The molecule has 0 spiro atoms. The Labute approximate surface area is 200 Å². The maximum atomic E-state index is 11.7. The topological polar surface area (TPSA) is 94.7 Å². The molecule has 0 bridgehead atoms. The molecule has 3 aromatic carbocycles. The lowest BCUT2D eigenvalue weighted by molar-refractivity contribution is -0.115. The highest BCUT2D eigenvalue weighted by Gasteiger charge is 2.18. The Bertz CT molecular complexity index is 1560. The number of nitrogens with one attached hydrogen (secondary N) is 4. The Morgan fingerprint density at radius 2 is 1.91 bits per heavy atom. The first-order valence-electron chi connectivity index (χ1n) is 11.1. The predicted molar refractivity (Wildman–Crippen MR) is 137 cm³/mol. The van der Waals surface area contributed by atoms with Crippen LogP contribution in [0.2, 0.25) is 5.02 Å². The van der Waals surface area contributed by atoms with Crippen molar-refractivity contribution in [2.75, 3.05) is 22.5 Å². The van der Waals surface area contributed by atoms with Gasteiger partial charge in [-0.3, -0.25) is 4.79 Å². The zero-order valence-corrected chi connectivity index (χ0v) is 18.9. The Kier molecular flexibility index (Phi) is 5.04. The van der Waals surface area contributed by atoms with Crippen molar-refractivity contribution in [3.63, 3.8) is 0 Å². The number of aromatic nitrogens is 3. The number of nitrogens with zero attached hydrogens (tertiary/aromatic N) is 2. The van der Waals surface area contributed by atoms with Crippen LogP contribution in [-0.4, -0.2) is 27.4 Å². The van der Waals surface area contributed by atoms with Crippen LogP contribution in [0.3, 0.4) is 0 Å². The van der Waals surface area contributed by atoms with E-state index in [9.17, 15) is 4.79 Å². The minimum atomic E-state index is 0.00710. The molecular formula is C26H21ClN6O. The number of anilines is 4. The number of benzene rings is 3. The van der Waals surface area contributed by atoms with Gasteiger partial charge in [-0.1, -0.05) is 29.8 Å². The van der Waals surface area contributed by atoms with E-state index in [-0.39, 0.29) is 5.91 Å². The summed E-state index contributed by atoms with van der Waals surface area (Å²) in [5.41, 5.74) is 5.81. The molecule has 7 nitrogen and oxygen atoms in total. The van der Waals surface area contributed by atoms with Gasteiger partial charge in [0.05, 0.1) is 11.9 Å². The van der Waals surface area contributed by atoms with Crippen LogP contribution >= 0.6 is 11.6 Å². The molecule has 0 fully saturated rings. The third kappa shape index (κ3) is 3.91. The molecular weight excluding hydrogens is 448 g/mol. The molecule has 168 valence electrons. The molecule has 2 aromatic heterocycles. The van der Waals surface area contributed by atoms with Gasteiger partial charge in [-0.25, -0.2) is 4.98 Å². The molecule has 0 radical (unpaired) electrons. The Morgan fingerprint density at radius 1 is 1.00 bits per heavy atom. The molecule has 6 rings (SSSR count). The second-order valence-corrected chi connectivity index (χ2v) is 8.75. The lowest BCUT2D eigenvalue weighted by atomic mass is 10.1. The van der Waals surface area contributed by atoms with Crippen molar-refractivity contribution in [2.45, 2.75) is 12.8 Å². The van der Waals surface area contributed by atoms with E-state index in [1.165, 1.54) is 10.9 Å². The summed E-state index contributed by atoms with van der Waals surface area (Å²) in [7, 11) is 0. The highest BCUT2D eigenvalue weighted by Crippen LogP contribution is 2.29. The number of hydrogen-bond acceptors (Lipinski definition) is 5. The summed E-state index contributed by atoms with van der Waals surface area (Å²) < 4.78 is 0. The monoisotopic (exact) mass is 468 g/mol. The van der Waals surface area contributed by atoms with Crippen LogP contribution in [0.15, 0.2) is 66.9 Å². The summed E-state index contributed by atoms with van der Waals surface area (Å²) in [4.78, 5) is 24.4. The van der Waals surface area contributed by atoms with E-state index in [0.29, 0.717) is 29.8 Å². The van der Waals surface area contributed by atoms with Gasteiger partial charge in [-0.05, 0) is 60.0 Å². The molecule has 8 heteroatoms. The zero-order valence-electron chi connectivity index (χ0n) is 18.2. The van der Waals surface area contributed by atoms with E-state index in [4.69, 9.17) is 16.6 Å². The second kappa shape index (κ2) is 8.35. The third-order valence-electron chi connectivity index (χ3n) is 6.01. The second-order valence-electron chi connectivity index (χ2n) is 8.32. The average molecular weight is 469 g/mol. The number of H-pyrrole nitrogens is 1. The van der Waals surface area contributed by atoms with Gasteiger partial charge in [-0.2, -0.15) is 4.98 Å². The first-order chi connectivity index (χ1) is 16.6. The maximum absolute atomic E-state index is 11.7. The average Bonchev–Trinajstić information content (AvgIpc) is 3.41. The van der Waals surface area contributed by atoms with Crippen molar-refractivity contribution < 1.29 is 4.79 Å². The van der Waals surface area contributed by atoms with Gasteiger partial charge in [0.1, 0.15) is 5.82 Å². The quantitative estimate of drug-likeness (QED) is 0.258. The van der Waals surface area contributed by atoms with Crippen LogP contribution in [0.1, 0.15) is 11.1 Å². The van der Waals surface area contributed by atoms with E-state index < -0.39 is 0 Å². The molecule has 1 aliphatic heterocycles. The first-order valence-corrected chi connectivity index (χ1v) is 11.5. The fourth-order valence-corrected chi connectivity index (χ4v) is 4.55. The number of carbonyl (C=O) groups is 1. The Morgan fingerprint density at radius 3 is 2.85 bits per heavy atom. The third-order valence-corrected chi connectivity index (χ3v) is 6.24. The molecule has 0 atom stereocenters. The molecule has 0 saturated heterocycles. The number of rotatable bonds is 6. The number of hydrogen-bond donors (Lipinski definition) is 4. The molecule has 4 N–H and O–H groups in total. The number of amides is 1. The molecule has 0 saturated carbocycles. The van der Waals surface area contributed by atoms with Crippen LogP contribution in [0.5, 0.6) is 0 Å². The Hall–Kier alpha value is -4.10. The SMILES string of the molecule is O=C1Cc2cc(Nc3nc(NCCc4c[nH]c5ccccc45)c4cc(Cl)ccc4n3)ccc2N1. The summed E-state index contributed by atoms with van der Waals surface area (Å²) in [6, 6.07) is 19.6. The molecule has 34 heavy (non-hydrogen) atoms. The van der Waals surface area contributed by atoms with Crippen LogP contribution in [0.4, 0.5) is 23.1 Å². The lowest BCUT2D eigenvalue weighted by Gasteiger charge is -2.13. The summed E-state index contributed by atoms with van der Waals surface area (Å²) in [6.45, 7) is 0.701. The van der Waals surface area contributed by atoms with Crippen LogP contribution in [-0.2, 0) is 17.6 Å². The summed E-state index contributed by atoms with van der Waals surface area (Å²) >= 11 is 6.27. The summed E-state index contributed by atoms with van der Waals surface area (Å²) in [5, 5.41) is 12.3. The van der Waals surface area contributed by atoms with Crippen molar-refractivity contribution in [2.24, 2.45) is 0 Å². The van der Waals surface area contributed by atoms with E-state index in [2.05, 4.69) is 50.3 Å². The van der Waals surface area contributed by atoms with E-state index in [0.717, 1.165) is 39.8 Å². The number of para-hydroxylation sites is 1.